The Labute approximate surface area is 106 Å². The molecule has 0 aliphatic heterocycles. The van der Waals surface area contributed by atoms with E-state index in [0.29, 0.717) is 5.54 Å². The minimum absolute atomic E-state index is 0.397. The van der Waals surface area contributed by atoms with Crippen LogP contribution in [-0.4, -0.2) is 29.6 Å². The quantitative estimate of drug-likeness (QED) is 0.795. The van der Waals surface area contributed by atoms with Gasteiger partial charge in [-0.2, -0.15) is 0 Å². The molecule has 0 heterocycles. The van der Waals surface area contributed by atoms with E-state index in [2.05, 4.69) is 18.7 Å². The Morgan fingerprint density at radius 1 is 1.24 bits per heavy atom. The average molecular weight is 236 g/mol. The molecule has 0 spiro atoms. The molecule has 0 radical (unpaired) electrons. The number of hydrogen-bond acceptors (Lipinski definition) is 2. The molecule has 3 saturated carbocycles. The second-order valence-corrected chi connectivity index (χ2v) is 7.17. The van der Waals surface area contributed by atoms with Crippen LogP contribution in [0.3, 0.4) is 0 Å². The predicted molar refractivity (Wildman–Crippen MR) is 71.8 cm³/mol. The molecule has 3 unspecified atom stereocenters. The first kappa shape index (κ1) is 12.0. The highest BCUT2D eigenvalue weighted by atomic mass is 15.3. The Morgan fingerprint density at radius 3 is 2.41 bits per heavy atom. The summed E-state index contributed by atoms with van der Waals surface area (Å²) in [5.41, 5.74) is 6.65. The van der Waals surface area contributed by atoms with Crippen molar-refractivity contribution in [3.63, 3.8) is 0 Å². The number of fused-ring (bicyclic) bond motifs is 2. The highest BCUT2D eigenvalue weighted by molar-refractivity contribution is 5.11. The zero-order chi connectivity index (χ0) is 12.0. The van der Waals surface area contributed by atoms with Gasteiger partial charge in [0.1, 0.15) is 0 Å². The van der Waals surface area contributed by atoms with Crippen LogP contribution in [0.25, 0.3) is 0 Å². The maximum Gasteiger partial charge on any atom is 0.0365 e. The number of hydrogen-bond donors (Lipinski definition) is 1. The molecule has 0 aromatic rings. The summed E-state index contributed by atoms with van der Waals surface area (Å²) in [5.74, 6) is 2.69. The second kappa shape index (κ2) is 4.24. The molecule has 3 fully saturated rings. The molecule has 3 aliphatic carbocycles. The van der Waals surface area contributed by atoms with Crippen LogP contribution in [0, 0.1) is 17.8 Å². The SMILES string of the molecule is CC(C)CN(C1CC1)C1(CN)CC2CCC1C2. The molecule has 3 atom stereocenters. The van der Waals surface area contributed by atoms with E-state index in [9.17, 15) is 0 Å². The van der Waals surface area contributed by atoms with Crippen LogP contribution in [0.4, 0.5) is 0 Å². The first-order valence-corrected chi connectivity index (χ1v) is 7.62. The number of nitrogens with zero attached hydrogens (tertiary/aromatic N) is 1. The molecule has 98 valence electrons. The van der Waals surface area contributed by atoms with Crippen LogP contribution < -0.4 is 5.73 Å². The van der Waals surface area contributed by atoms with Crippen LogP contribution in [0.5, 0.6) is 0 Å². The molecular formula is C15H28N2. The molecule has 0 amide bonds. The van der Waals surface area contributed by atoms with Crippen molar-refractivity contribution in [3.8, 4) is 0 Å². The number of rotatable bonds is 5. The van der Waals surface area contributed by atoms with Crippen molar-refractivity contribution in [1.29, 1.82) is 0 Å². The molecule has 2 nitrogen and oxygen atoms in total. The lowest BCUT2D eigenvalue weighted by atomic mass is 9.78. The topological polar surface area (TPSA) is 29.3 Å². The summed E-state index contributed by atoms with van der Waals surface area (Å²) in [4.78, 5) is 2.85. The van der Waals surface area contributed by atoms with Gasteiger partial charge in [-0.1, -0.05) is 20.3 Å². The molecule has 2 N–H and O–H groups in total. The fourth-order valence-corrected chi connectivity index (χ4v) is 4.61. The first-order valence-electron chi connectivity index (χ1n) is 7.62. The Balaban J connectivity index is 1.82. The highest BCUT2D eigenvalue weighted by Gasteiger charge is 2.55. The van der Waals surface area contributed by atoms with Gasteiger partial charge in [-0.25, -0.2) is 0 Å². The highest BCUT2D eigenvalue weighted by Crippen LogP contribution is 2.55. The molecule has 0 saturated heterocycles. The van der Waals surface area contributed by atoms with Crippen molar-refractivity contribution in [3.05, 3.63) is 0 Å². The maximum absolute atomic E-state index is 6.26. The third-order valence-electron chi connectivity index (χ3n) is 5.42. The van der Waals surface area contributed by atoms with E-state index in [4.69, 9.17) is 5.73 Å². The number of nitrogens with two attached hydrogens (primary N) is 1. The van der Waals surface area contributed by atoms with Crippen LogP contribution >= 0.6 is 0 Å². The third-order valence-corrected chi connectivity index (χ3v) is 5.42. The lowest BCUT2D eigenvalue weighted by Crippen LogP contribution is -2.59. The van der Waals surface area contributed by atoms with Gasteiger partial charge in [0.15, 0.2) is 0 Å². The molecule has 0 aromatic heterocycles. The van der Waals surface area contributed by atoms with Gasteiger partial charge >= 0.3 is 0 Å². The van der Waals surface area contributed by atoms with E-state index in [1.165, 1.54) is 45.1 Å². The lowest BCUT2D eigenvalue weighted by molar-refractivity contribution is 0.0244. The van der Waals surface area contributed by atoms with Crippen molar-refractivity contribution >= 4 is 0 Å². The van der Waals surface area contributed by atoms with Crippen molar-refractivity contribution in [1.82, 2.24) is 4.90 Å². The normalized spacial score (nSPS) is 40.8. The van der Waals surface area contributed by atoms with Gasteiger partial charge in [-0.15, -0.1) is 0 Å². The molecule has 0 aromatic carbocycles. The molecule has 2 heteroatoms. The molecule has 2 bridgehead atoms. The summed E-state index contributed by atoms with van der Waals surface area (Å²) in [6, 6.07) is 0.875. The summed E-state index contributed by atoms with van der Waals surface area (Å²) in [6.45, 7) is 6.88. The Hall–Kier alpha value is -0.0800. The summed E-state index contributed by atoms with van der Waals surface area (Å²) in [5, 5.41) is 0. The Bertz CT molecular complexity index is 285. The van der Waals surface area contributed by atoms with Gasteiger partial charge in [-0.05, 0) is 49.9 Å². The fourth-order valence-electron chi connectivity index (χ4n) is 4.61. The molecule has 17 heavy (non-hydrogen) atoms. The third kappa shape index (κ3) is 1.94. The minimum Gasteiger partial charge on any atom is -0.329 e. The van der Waals surface area contributed by atoms with E-state index < -0.39 is 0 Å². The Kier molecular flexibility index (Phi) is 2.99. The van der Waals surface area contributed by atoms with Crippen LogP contribution in [0.15, 0.2) is 0 Å². The fraction of sp³-hybridized carbons (Fsp3) is 1.00. The zero-order valence-corrected chi connectivity index (χ0v) is 11.5. The molecular weight excluding hydrogens is 208 g/mol. The molecule has 3 aliphatic rings. The largest absolute Gasteiger partial charge is 0.329 e. The van der Waals surface area contributed by atoms with Gasteiger partial charge in [0, 0.05) is 24.7 Å². The van der Waals surface area contributed by atoms with E-state index in [1.54, 1.807) is 0 Å². The van der Waals surface area contributed by atoms with Gasteiger partial charge < -0.3 is 5.73 Å². The monoisotopic (exact) mass is 236 g/mol. The van der Waals surface area contributed by atoms with Gasteiger partial charge in [-0.3, -0.25) is 4.90 Å². The van der Waals surface area contributed by atoms with Crippen molar-refractivity contribution in [2.45, 2.75) is 64.0 Å². The van der Waals surface area contributed by atoms with Gasteiger partial charge in [0.25, 0.3) is 0 Å². The lowest BCUT2D eigenvalue weighted by Gasteiger charge is -2.47. The van der Waals surface area contributed by atoms with Crippen LogP contribution in [-0.2, 0) is 0 Å². The Morgan fingerprint density at radius 2 is 2.00 bits per heavy atom. The summed E-state index contributed by atoms with van der Waals surface area (Å²) >= 11 is 0. The van der Waals surface area contributed by atoms with Crippen LogP contribution in [0.2, 0.25) is 0 Å². The first-order chi connectivity index (χ1) is 8.15. The van der Waals surface area contributed by atoms with Crippen molar-refractivity contribution < 1.29 is 0 Å². The van der Waals surface area contributed by atoms with E-state index in [1.807, 2.05) is 0 Å². The average Bonchev–Trinajstić information content (AvgIpc) is 2.95. The summed E-state index contributed by atoms with van der Waals surface area (Å²) in [7, 11) is 0. The standard InChI is InChI=1S/C15H28N2/c1-11(2)9-17(14-5-6-14)15(10-16)8-12-3-4-13(15)7-12/h11-14H,3-10,16H2,1-2H3. The van der Waals surface area contributed by atoms with E-state index in [0.717, 1.165) is 30.3 Å². The van der Waals surface area contributed by atoms with Crippen molar-refractivity contribution in [2.75, 3.05) is 13.1 Å². The second-order valence-electron chi connectivity index (χ2n) is 7.17. The van der Waals surface area contributed by atoms with Crippen molar-refractivity contribution in [2.24, 2.45) is 23.5 Å². The van der Waals surface area contributed by atoms with Crippen LogP contribution in [0.1, 0.15) is 52.4 Å². The zero-order valence-electron chi connectivity index (χ0n) is 11.5. The van der Waals surface area contributed by atoms with Gasteiger partial charge in [0.05, 0.1) is 0 Å². The smallest absolute Gasteiger partial charge is 0.0365 e. The minimum atomic E-state index is 0.397. The summed E-state index contributed by atoms with van der Waals surface area (Å²) in [6.07, 6.45) is 8.64. The van der Waals surface area contributed by atoms with Gasteiger partial charge in [0.2, 0.25) is 0 Å². The predicted octanol–water partition coefficient (Wildman–Crippen LogP) is 2.62. The van der Waals surface area contributed by atoms with E-state index >= 15 is 0 Å². The maximum atomic E-state index is 6.26. The summed E-state index contributed by atoms with van der Waals surface area (Å²) < 4.78 is 0. The van der Waals surface area contributed by atoms with E-state index in [-0.39, 0.29) is 0 Å². The molecule has 3 rings (SSSR count).